The number of carboxylic acids is 1. The Morgan fingerprint density at radius 1 is 1.29 bits per heavy atom. The highest BCUT2D eigenvalue weighted by Gasteiger charge is 2.12. The van der Waals surface area contributed by atoms with Crippen LogP contribution in [-0.4, -0.2) is 17.7 Å². The molecule has 0 amide bonds. The topological polar surface area (TPSA) is 58.6 Å². The van der Waals surface area contributed by atoms with E-state index in [1.807, 2.05) is 12.1 Å². The second kappa shape index (κ2) is 5.66. The van der Waals surface area contributed by atoms with Crippen molar-refractivity contribution in [2.45, 2.75) is 13.0 Å². The van der Waals surface area contributed by atoms with E-state index in [1.165, 1.54) is 5.56 Å². The van der Waals surface area contributed by atoms with Gasteiger partial charge >= 0.3 is 5.97 Å². The molecule has 0 aromatic heterocycles. The van der Waals surface area contributed by atoms with Gasteiger partial charge < -0.3 is 15.2 Å². The number of nitrogens with one attached hydrogen (secondary N) is 1. The molecule has 21 heavy (non-hydrogen) atoms. The normalized spacial score (nSPS) is 12.6. The highest BCUT2D eigenvalue weighted by atomic mass is 35.5. The van der Waals surface area contributed by atoms with Gasteiger partial charge in [0.15, 0.2) is 0 Å². The number of ether oxygens (including phenoxy) is 1. The average molecular weight is 304 g/mol. The van der Waals surface area contributed by atoms with Gasteiger partial charge in [-0.2, -0.15) is 0 Å². The van der Waals surface area contributed by atoms with Crippen molar-refractivity contribution in [3.63, 3.8) is 0 Å². The van der Waals surface area contributed by atoms with Crippen LogP contribution in [-0.2, 0) is 13.0 Å². The lowest BCUT2D eigenvalue weighted by Gasteiger charge is -2.09. The molecule has 3 rings (SSSR count). The Morgan fingerprint density at radius 3 is 2.95 bits per heavy atom. The second-order valence-corrected chi connectivity index (χ2v) is 5.30. The average Bonchev–Trinajstić information content (AvgIpc) is 2.93. The lowest BCUT2D eigenvalue weighted by molar-refractivity contribution is 0.0697. The van der Waals surface area contributed by atoms with Crippen LogP contribution in [0.5, 0.6) is 5.75 Å². The molecule has 2 aromatic rings. The summed E-state index contributed by atoms with van der Waals surface area (Å²) in [6, 6.07) is 11.0. The van der Waals surface area contributed by atoms with Crippen molar-refractivity contribution in [3.8, 4) is 5.75 Å². The van der Waals surface area contributed by atoms with Crippen molar-refractivity contribution >= 4 is 23.3 Å². The maximum Gasteiger partial charge on any atom is 0.337 e. The fraction of sp³-hybridized carbons (Fsp3) is 0.188. The highest BCUT2D eigenvalue weighted by molar-refractivity contribution is 6.33. The quantitative estimate of drug-likeness (QED) is 0.906. The predicted molar refractivity (Wildman–Crippen MR) is 81.4 cm³/mol. The van der Waals surface area contributed by atoms with Gasteiger partial charge in [-0.05, 0) is 35.4 Å². The minimum absolute atomic E-state index is 0.101. The summed E-state index contributed by atoms with van der Waals surface area (Å²) in [4.78, 5) is 11.1. The summed E-state index contributed by atoms with van der Waals surface area (Å²) in [5.41, 5.74) is 3.18. The van der Waals surface area contributed by atoms with Gasteiger partial charge in [0.2, 0.25) is 0 Å². The first-order valence-electron chi connectivity index (χ1n) is 6.65. The number of aromatic carboxylic acids is 1. The molecule has 0 unspecified atom stereocenters. The number of hydrogen-bond donors (Lipinski definition) is 2. The van der Waals surface area contributed by atoms with Crippen LogP contribution in [0, 0.1) is 0 Å². The number of fused-ring (bicyclic) bond motifs is 1. The summed E-state index contributed by atoms with van der Waals surface area (Å²) in [6.45, 7) is 1.36. The van der Waals surface area contributed by atoms with Gasteiger partial charge in [0.05, 0.1) is 17.2 Å². The van der Waals surface area contributed by atoms with Crippen LogP contribution >= 0.6 is 11.6 Å². The zero-order valence-corrected chi connectivity index (χ0v) is 12.0. The van der Waals surface area contributed by atoms with Crippen molar-refractivity contribution < 1.29 is 14.6 Å². The summed E-state index contributed by atoms with van der Waals surface area (Å²) in [5.74, 6) is -0.0725. The second-order valence-electron chi connectivity index (χ2n) is 4.89. The van der Waals surface area contributed by atoms with E-state index in [4.69, 9.17) is 21.4 Å². The van der Waals surface area contributed by atoms with E-state index in [0.29, 0.717) is 6.54 Å². The molecule has 0 spiro atoms. The lowest BCUT2D eigenvalue weighted by Crippen LogP contribution is -2.03. The molecule has 1 aliphatic heterocycles. The van der Waals surface area contributed by atoms with E-state index in [1.54, 1.807) is 18.2 Å². The van der Waals surface area contributed by atoms with Gasteiger partial charge in [-0.3, -0.25) is 0 Å². The molecule has 2 N–H and O–H groups in total. The molecule has 0 aliphatic carbocycles. The van der Waals surface area contributed by atoms with Crippen LogP contribution < -0.4 is 10.1 Å². The Kier molecular flexibility index (Phi) is 3.71. The Morgan fingerprint density at radius 2 is 2.14 bits per heavy atom. The van der Waals surface area contributed by atoms with E-state index in [-0.39, 0.29) is 10.6 Å². The third-order valence-corrected chi connectivity index (χ3v) is 3.78. The van der Waals surface area contributed by atoms with E-state index < -0.39 is 5.97 Å². The molecule has 0 atom stereocenters. The molecule has 108 valence electrons. The number of anilines is 1. The molecule has 5 heteroatoms. The molecular formula is C16H14ClNO3. The lowest BCUT2D eigenvalue weighted by atomic mass is 10.1. The first kappa shape index (κ1) is 13.8. The molecule has 2 aromatic carbocycles. The molecule has 0 bridgehead atoms. The van der Waals surface area contributed by atoms with E-state index in [0.717, 1.165) is 30.0 Å². The Bertz CT molecular complexity index is 700. The highest BCUT2D eigenvalue weighted by Crippen LogP contribution is 2.26. The summed E-state index contributed by atoms with van der Waals surface area (Å²) >= 11 is 5.85. The first-order chi connectivity index (χ1) is 10.1. The third-order valence-electron chi connectivity index (χ3n) is 3.45. The number of carbonyl (C=O) groups is 1. The molecule has 1 heterocycles. The van der Waals surface area contributed by atoms with Crippen molar-refractivity contribution in [2.24, 2.45) is 0 Å². The Labute approximate surface area is 127 Å². The maximum atomic E-state index is 11.1. The molecule has 0 saturated heterocycles. The maximum absolute atomic E-state index is 11.1. The van der Waals surface area contributed by atoms with Crippen LogP contribution in [0.4, 0.5) is 5.69 Å². The minimum atomic E-state index is -1.03. The van der Waals surface area contributed by atoms with Crippen molar-refractivity contribution in [3.05, 3.63) is 58.1 Å². The predicted octanol–water partition coefficient (Wildman–Crippen LogP) is 3.59. The summed E-state index contributed by atoms with van der Waals surface area (Å²) in [7, 11) is 0. The number of carboxylic acid groups (broad SMARTS) is 1. The molecule has 4 nitrogen and oxygen atoms in total. The fourth-order valence-corrected chi connectivity index (χ4v) is 2.55. The molecule has 1 aliphatic rings. The summed E-state index contributed by atoms with van der Waals surface area (Å²) in [6.07, 6.45) is 0.938. The van der Waals surface area contributed by atoms with Crippen LogP contribution in [0.3, 0.4) is 0 Å². The third kappa shape index (κ3) is 2.95. The van der Waals surface area contributed by atoms with Crippen LogP contribution in [0.1, 0.15) is 21.5 Å². The Balaban J connectivity index is 1.73. The smallest absolute Gasteiger partial charge is 0.337 e. The zero-order chi connectivity index (χ0) is 14.8. The minimum Gasteiger partial charge on any atom is -0.493 e. The van der Waals surface area contributed by atoms with Gasteiger partial charge in [-0.15, -0.1) is 0 Å². The van der Waals surface area contributed by atoms with E-state index >= 15 is 0 Å². The largest absolute Gasteiger partial charge is 0.493 e. The molecule has 0 fully saturated rings. The van der Waals surface area contributed by atoms with Gasteiger partial charge in [-0.1, -0.05) is 23.7 Å². The van der Waals surface area contributed by atoms with Gasteiger partial charge in [0, 0.05) is 18.7 Å². The monoisotopic (exact) mass is 303 g/mol. The van der Waals surface area contributed by atoms with Crippen LogP contribution in [0.25, 0.3) is 0 Å². The number of benzene rings is 2. The molecular weight excluding hydrogens is 290 g/mol. The van der Waals surface area contributed by atoms with Crippen LogP contribution in [0.15, 0.2) is 36.4 Å². The summed E-state index contributed by atoms with van der Waals surface area (Å²) < 4.78 is 5.47. The fourth-order valence-electron chi connectivity index (χ4n) is 2.35. The number of halogens is 1. The van der Waals surface area contributed by atoms with E-state index in [2.05, 4.69) is 11.4 Å². The first-order valence-corrected chi connectivity index (χ1v) is 7.02. The number of rotatable bonds is 4. The van der Waals surface area contributed by atoms with Gasteiger partial charge in [0.25, 0.3) is 0 Å². The van der Waals surface area contributed by atoms with Crippen LogP contribution in [0.2, 0.25) is 5.02 Å². The summed E-state index contributed by atoms with van der Waals surface area (Å²) in [5, 5.41) is 12.5. The standard InChI is InChI=1S/C16H14ClNO3/c17-14-3-2-12(8-13(14)16(19)20)18-9-10-1-4-15-11(7-10)5-6-21-15/h1-4,7-8,18H,5-6,9H2,(H,19,20). The Hall–Kier alpha value is -2.20. The SMILES string of the molecule is O=C(O)c1cc(NCc2ccc3c(c2)CCO3)ccc1Cl. The number of hydrogen-bond acceptors (Lipinski definition) is 3. The van der Waals surface area contributed by atoms with Crippen molar-refractivity contribution in [2.75, 3.05) is 11.9 Å². The van der Waals surface area contributed by atoms with Crippen molar-refractivity contribution in [1.29, 1.82) is 0 Å². The molecule has 0 saturated carbocycles. The van der Waals surface area contributed by atoms with E-state index in [9.17, 15) is 4.79 Å². The van der Waals surface area contributed by atoms with Gasteiger partial charge in [0.1, 0.15) is 5.75 Å². The molecule has 0 radical (unpaired) electrons. The zero-order valence-electron chi connectivity index (χ0n) is 11.2. The van der Waals surface area contributed by atoms with Gasteiger partial charge in [-0.25, -0.2) is 4.79 Å². The van der Waals surface area contributed by atoms with Crippen molar-refractivity contribution in [1.82, 2.24) is 0 Å².